The zero-order valence-corrected chi connectivity index (χ0v) is 12.6. The normalized spacial score (nSPS) is 22.9. The summed E-state index contributed by atoms with van der Waals surface area (Å²) in [6, 6.07) is -1.23. The number of hydrogen-bond acceptors (Lipinski definition) is 3. The highest BCUT2D eigenvalue weighted by Crippen LogP contribution is 2.35. The van der Waals surface area contributed by atoms with Crippen LogP contribution in [-0.4, -0.2) is 42.9 Å². The summed E-state index contributed by atoms with van der Waals surface area (Å²) in [4.78, 5) is 23.0. The van der Waals surface area contributed by atoms with Gasteiger partial charge >= 0.3 is 12.0 Å². The lowest BCUT2D eigenvalue weighted by Crippen LogP contribution is -2.53. The van der Waals surface area contributed by atoms with Crippen LogP contribution in [0.5, 0.6) is 0 Å². The minimum absolute atomic E-state index is 0.0564. The zero-order valence-electron chi connectivity index (χ0n) is 12.6. The molecule has 1 rings (SSSR count). The van der Waals surface area contributed by atoms with Crippen LogP contribution in [0.3, 0.4) is 0 Å². The third-order valence-electron chi connectivity index (χ3n) is 4.03. The Morgan fingerprint density at radius 1 is 1.40 bits per heavy atom. The summed E-state index contributed by atoms with van der Waals surface area (Å²) >= 11 is 0. The Kier molecular flexibility index (Phi) is 6.26. The van der Waals surface area contributed by atoms with Gasteiger partial charge in [-0.1, -0.05) is 26.7 Å². The Morgan fingerprint density at radius 3 is 2.65 bits per heavy atom. The molecule has 116 valence electrons. The van der Waals surface area contributed by atoms with Crippen LogP contribution in [0.1, 0.15) is 46.0 Å². The second kappa shape index (κ2) is 7.47. The van der Waals surface area contributed by atoms with Crippen LogP contribution < -0.4 is 10.6 Å². The van der Waals surface area contributed by atoms with Crippen molar-refractivity contribution in [3.05, 3.63) is 0 Å². The molecule has 0 aromatic carbocycles. The predicted molar refractivity (Wildman–Crippen MR) is 75.6 cm³/mol. The Morgan fingerprint density at radius 2 is 2.10 bits per heavy atom. The lowest BCUT2D eigenvalue weighted by molar-refractivity contribution is -0.139. The van der Waals surface area contributed by atoms with E-state index in [1.165, 1.54) is 13.5 Å². The average Bonchev–Trinajstić information content (AvgIpc) is 2.36. The first kappa shape index (κ1) is 16.8. The van der Waals surface area contributed by atoms with Crippen LogP contribution >= 0.6 is 0 Å². The second-order valence-corrected chi connectivity index (χ2v) is 6.08. The first-order valence-corrected chi connectivity index (χ1v) is 7.15. The molecule has 2 unspecified atom stereocenters. The van der Waals surface area contributed by atoms with Gasteiger partial charge in [0.1, 0.15) is 6.04 Å². The van der Waals surface area contributed by atoms with Gasteiger partial charge < -0.3 is 20.5 Å². The standard InChI is InChI=1S/C14H26N2O4/c1-14(2)8-5-4-6-11(14)16-13(19)15-10(12(17)18)7-9-20-3/h10-11H,4-9H2,1-3H3,(H,17,18)(H2,15,16,19). The molecule has 0 heterocycles. The number of urea groups is 1. The van der Waals surface area contributed by atoms with Crippen LogP contribution in [0.4, 0.5) is 4.79 Å². The van der Waals surface area contributed by atoms with Crippen molar-refractivity contribution < 1.29 is 19.4 Å². The van der Waals surface area contributed by atoms with Gasteiger partial charge in [0.25, 0.3) is 0 Å². The van der Waals surface area contributed by atoms with E-state index in [-0.39, 0.29) is 17.9 Å². The highest BCUT2D eigenvalue weighted by Gasteiger charge is 2.33. The molecule has 2 amide bonds. The number of ether oxygens (including phenoxy) is 1. The molecule has 6 heteroatoms. The van der Waals surface area contributed by atoms with Crippen LogP contribution in [-0.2, 0) is 9.53 Å². The molecule has 0 aromatic rings. The number of aliphatic carboxylic acids is 1. The Bertz CT molecular complexity index is 344. The number of hydrogen-bond donors (Lipinski definition) is 3. The van der Waals surface area contributed by atoms with Gasteiger partial charge in [-0.05, 0) is 18.3 Å². The Labute approximate surface area is 120 Å². The summed E-state index contributed by atoms with van der Waals surface area (Å²) < 4.78 is 4.85. The van der Waals surface area contributed by atoms with Gasteiger partial charge in [-0.15, -0.1) is 0 Å². The average molecular weight is 286 g/mol. The van der Waals surface area contributed by atoms with E-state index >= 15 is 0 Å². The van der Waals surface area contributed by atoms with E-state index in [0.29, 0.717) is 6.61 Å². The lowest BCUT2D eigenvalue weighted by Gasteiger charge is -2.39. The van der Waals surface area contributed by atoms with Crippen molar-refractivity contribution in [3.8, 4) is 0 Å². The third-order valence-corrected chi connectivity index (χ3v) is 4.03. The highest BCUT2D eigenvalue weighted by molar-refractivity contribution is 5.82. The fraction of sp³-hybridized carbons (Fsp3) is 0.857. The van der Waals surface area contributed by atoms with E-state index < -0.39 is 18.0 Å². The molecule has 1 fully saturated rings. The fourth-order valence-corrected chi connectivity index (χ4v) is 2.61. The minimum atomic E-state index is -1.04. The van der Waals surface area contributed by atoms with E-state index in [9.17, 15) is 9.59 Å². The monoisotopic (exact) mass is 286 g/mol. The molecule has 3 N–H and O–H groups in total. The van der Waals surface area contributed by atoms with Crippen LogP contribution in [0.15, 0.2) is 0 Å². The van der Waals surface area contributed by atoms with Crippen molar-refractivity contribution in [2.24, 2.45) is 5.41 Å². The smallest absolute Gasteiger partial charge is 0.326 e. The van der Waals surface area contributed by atoms with Crippen LogP contribution in [0.2, 0.25) is 0 Å². The van der Waals surface area contributed by atoms with Crippen molar-refractivity contribution in [1.29, 1.82) is 0 Å². The second-order valence-electron chi connectivity index (χ2n) is 6.08. The number of carbonyl (C=O) groups is 2. The Hall–Kier alpha value is -1.30. The number of carbonyl (C=O) groups excluding carboxylic acids is 1. The molecule has 1 aliphatic rings. The number of nitrogens with one attached hydrogen (secondary N) is 2. The third kappa shape index (κ3) is 5.00. The summed E-state index contributed by atoms with van der Waals surface area (Å²) in [7, 11) is 1.50. The van der Waals surface area contributed by atoms with Gasteiger partial charge in [0, 0.05) is 26.2 Å². The number of carboxylic acid groups (broad SMARTS) is 1. The van der Waals surface area contributed by atoms with E-state index in [2.05, 4.69) is 24.5 Å². The minimum Gasteiger partial charge on any atom is -0.480 e. The maximum absolute atomic E-state index is 12.0. The van der Waals surface area contributed by atoms with Crippen molar-refractivity contribution in [1.82, 2.24) is 10.6 Å². The number of methoxy groups -OCH3 is 1. The van der Waals surface area contributed by atoms with Crippen molar-refractivity contribution in [2.45, 2.75) is 58.0 Å². The van der Waals surface area contributed by atoms with Gasteiger partial charge in [0.2, 0.25) is 0 Å². The molecule has 0 aromatic heterocycles. The first-order chi connectivity index (χ1) is 9.36. The largest absolute Gasteiger partial charge is 0.480 e. The molecule has 6 nitrogen and oxygen atoms in total. The summed E-state index contributed by atoms with van der Waals surface area (Å²) in [6.45, 7) is 4.57. The summed E-state index contributed by atoms with van der Waals surface area (Å²) in [5.41, 5.74) is 0.0564. The predicted octanol–water partition coefficient (Wildman–Crippen LogP) is 1.74. The maximum atomic E-state index is 12.0. The number of rotatable bonds is 6. The highest BCUT2D eigenvalue weighted by atomic mass is 16.5. The molecular formula is C14H26N2O4. The lowest BCUT2D eigenvalue weighted by atomic mass is 9.73. The maximum Gasteiger partial charge on any atom is 0.326 e. The van der Waals surface area contributed by atoms with E-state index in [4.69, 9.17) is 9.84 Å². The van der Waals surface area contributed by atoms with Gasteiger partial charge in [-0.3, -0.25) is 0 Å². The van der Waals surface area contributed by atoms with Crippen LogP contribution in [0, 0.1) is 5.41 Å². The summed E-state index contributed by atoms with van der Waals surface area (Å²) in [6.07, 6.45) is 4.55. The van der Waals surface area contributed by atoms with Crippen molar-refractivity contribution >= 4 is 12.0 Å². The number of amides is 2. The van der Waals surface area contributed by atoms with E-state index in [0.717, 1.165) is 19.3 Å². The van der Waals surface area contributed by atoms with Crippen molar-refractivity contribution in [3.63, 3.8) is 0 Å². The molecule has 1 saturated carbocycles. The van der Waals surface area contributed by atoms with E-state index in [1.807, 2.05) is 0 Å². The topological polar surface area (TPSA) is 87.7 Å². The number of carboxylic acids is 1. The van der Waals surface area contributed by atoms with Gasteiger partial charge in [-0.2, -0.15) is 0 Å². The molecule has 20 heavy (non-hydrogen) atoms. The summed E-state index contributed by atoms with van der Waals surface area (Å²) in [5, 5.41) is 14.5. The molecule has 0 saturated heterocycles. The van der Waals surface area contributed by atoms with Gasteiger partial charge in [0.05, 0.1) is 0 Å². The molecule has 0 spiro atoms. The van der Waals surface area contributed by atoms with Crippen molar-refractivity contribution in [2.75, 3.05) is 13.7 Å². The molecular weight excluding hydrogens is 260 g/mol. The van der Waals surface area contributed by atoms with Gasteiger partial charge in [-0.25, -0.2) is 9.59 Å². The quantitative estimate of drug-likeness (QED) is 0.694. The molecule has 2 atom stereocenters. The van der Waals surface area contributed by atoms with E-state index in [1.54, 1.807) is 0 Å². The zero-order chi connectivity index (χ0) is 15.2. The van der Waals surface area contributed by atoms with Gasteiger partial charge in [0.15, 0.2) is 0 Å². The SMILES string of the molecule is COCCC(NC(=O)NC1CCCCC1(C)C)C(=O)O. The Balaban J connectivity index is 2.50. The van der Waals surface area contributed by atoms with Crippen LogP contribution in [0.25, 0.3) is 0 Å². The molecule has 0 aliphatic heterocycles. The molecule has 0 bridgehead atoms. The molecule has 0 radical (unpaired) electrons. The summed E-state index contributed by atoms with van der Waals surface area (Å²) in [5.74, 6) is -1.04. The first-order valence-electron chi connectivity index (χ1n) is 7.15. The molecule has 1 aliphatic carbocycles. The fourth-order valence-electron chi connectivity index (χ4n) is 2.61.